The van der Waals surface area contributed by atoms with Crippen LogP contribution in [-0.4, -0.2) is 22.0 Å². The summed E-state index contributed by atoms with van der Waals surface area (Å²) in [6.45, 7) is 0. The van der Waals surface area contributed by atoms with E-state index >= 15 is 0 Å². The summed E-state index contributed by atoms with van der Waals surface area (Å²) >= 11 is 0. The van der Waals surface area contributed by atoms with Crippen molar-refractivity contribution >= 4 is 18.1 Å². The number of rotatable bonds is 4. The Bertz CT molecular complexity index is 557. The first-order chi connectivity index (χ1) is 8.86. The number of nitrogens with zero attached hydrogens (tertiary/aromatic N) is 4. The van der Waals surface area contributed by atoms with E-state index in [1.54, 1.807) is 30.7 Å². The SMILES string of the molecule is NC(=NN=CC=Cc1ccco1)c1cnccn1. The summed E-state index contributed by atoms with van der Waals surface area (Å²) in [6.07, 6.45) is 11.2. The molecule has 0 spiro atoms. The van der Waals surface area contributed by atoms with Crippen molar-refractivity contribution in [1.29, 1.82) is 0 Å². The molecule has 0 aliphatic heterocycles. The number of allylic oxidation sites excluding steroid dienone is 1. The molecule has 0 saturated carbocycles. The Balaban J connectivity index is 1.94. The highest BCUT2D eigenvalue weighted by Crippen LogP contribution is 2.00. The van der Waals surface area contributed by atoms with Crippen molar-refractivity contribution in [2.24, 2.45) is 15.9 Å². The number of furan rings is 1. The van der Waals surface area contributed by atoms with Crippen molar-refractivity contribution < 1.29 is 4.42 Å². The van der Waals surface area contributed by atoms with Crippen molar-refractivity contribution in [2.45, 2.75) is 0 Å². The lowest BCUT2D eigenvalue weighted by atomic mass is 10.4. The van der Waals surface area contributed by atoms with E-state index < -0.39 is 0 Å². The van der Waals surface area contributed by atoms with Crippen molar-refractivity contribution in [3.63, 3.8) is 0 Å². The Morgan fingerprint density at radius 1 is 1.39 bits per heavy atom. The van der Waals surface area contributed by atoms with E-state index in [4.69, 9.17) is 10.2 Å². The van der Waals surface area contributed by atoms with Crippen LogP contribution in [0, 0.1) is 0 Å². The number of hydrogen-bond acceptors (Lipinski definition) is 5. The summed E-state index contributed by atoms with van der Waals surface area (Å²) < 4.78 is 5.10. The second kappa shape index (κ2) is 6.09. The van der Waals surface area contributed by atoms with Crippen molar-refractivity contribution in [3.8, 4) is 0 Å². The maximum atomic E-state index is 5.66. The molecule has 0 atom stereocenters. The lowest BCUT2D eigenvalue weighted by Crippen LogP contribution is -2.14. The Morgan fingerprint density at radius 3 is 3.06 bits per heavy atom. The standard InChI is InChI=1S/C12H11N5O/c13-12(11-9-14-6-7-15-11)17-16-5-1-3-10-4-2-8-18-10/h1-9H,(H2,13,17). The van der Waals surface area contributed by atoms with Gasteiger partial charge >= 0.3 is 0 Å². The predicted octanol–water partition coefficient (Wildman–Crippen LogP) is 1.47. The van der Waals surface area contributed by atoms with Gasteiger partial charge in [0.05, 0.1) is 12.5 Å². The van der Waals surface area contributed by atoms with Gasteiger partial charge in [-0.2, -0.15) is 5.10 Å². The van der Waals surface area contributed by atoms with Crippen LogP contribution < -0.4 is 5.73 Å². The predicted molar refractivity (Wildman–Crippen MR) is 69.0 cm³/mol. The fourth-order valence-corrected chi connectivity index (χ4v) is 1.14. The van der Waals surface area contributed by atoms with Gasteiger partial charge in [0, 0.05) is 18.6 Å². The van der Waals surface area contributed by atoms with E-state index in [1.807, 2.05) is 6.07 Å². The van der Waals surface area contributed by atoms with Gasteiger partial charge in [0.2, 0.25) is 0 Å². The zero-order chi connectivity index (χ0) is 12.6. The first kappa shape index (κ1) is 11.7. The largest absolute Gasteiger partial charge is 0.465 e. The third-order valence-electron chi connectivity index (χ3n) is 1.95. The third-order valence-corrected chi connectivity index (χ3v) is 1.95. The fourth-order valence-electron chi connectivity index (χ4n) is 1.14. The normalized spacial score (nSPS) is 12.6. The highest BCUT2D eigenvalue weighted by molar-refractivity contribution is 5.95. The molecule has 6 nitrogen and oxygen atoms in total. The van der Waals surface area contributed by atoms with Gasteiger partial charge < -0.3 is 10.2 Å². The van der Waals surface area contributed by atoms with E-state index in [0.717, 1.165) is 5.76 Å². The Hall–Kier alpha value is -2.76. The summed E-state index contributed by atoms with van der Waals surface area (Å²) in [4.78, 5) is 7.88. The number of amidine groups is 1. The molecule has 0 aliphatic carbocycles. The Morgan fingerprint density at radius 2 is 2.33 bits per heavy atom. The molecule has 18 heavy (non-hydrogen) atoms. The molecule has 0 fully saturated rings. The maximum absolute atomic E-state index is 5.66. The molecule has 0 bridgehead atoms. The lowest BCUT2D eigenvalue weighted by molar-refractivity contribution is 0.557. The molecule has 90 valence electrons. The molecule has 6 heteroatoms. The lowest BCUT2D eigenvalue weighted by Gasteiger charge is -1.94. The summed E-state index contributed by atoms with van der Waals surface area (Å²) in [6, 6.07) is 3.64. The fraction of sp³-hybridized carbons (Fsp3) is 0. The minimum atomic E-state index is 0.214. The van der Waals surface area contributed by atoms with Gasteiger partial charge in [-0.05, 0) is 24.3 Å². The molecule has 0 aromatic carbocycles. The van der Waals surface area contributed by atoms with Crippen LogP contribution in [-0.2, 0) is 0 Å². The van der Waals surface area contributed by atoms with Crippen molar-refractivity contribution in [3.05, 3.63) is 54.5 Å². The number of hydrogen-bond donors (Lipinski definition) is 1. The van der Waals surface area contributed by atoms with Crippen LogP contribution in [0.5, 0.6) is 0 Å². The van der Waals surface area contributed by atoms with E-state index in [0.29, 0.717) is 5.69 Å². The monoisotopic (exact) mass is 241 g/mol. The van der Waals surface area contributed by atoms with E-state index in [-0.39, 0.29) is 5.84 Å². The van der Waals surface area contributed by atoms with Gasteiger partial charge in [-0.3, -0.25) is 4.98 Å². The first-order valence-corrected chi connectivity index (χ1v) is 5.19. The van der Waals surface area contributed by atoms with Gasteiger partial charge in [0.1, 0.15) is 11.5 Å². The molecule has 2 aromatic heterocycles. The topological polar surface area (TPSA) is 89.7 Å². The van der Waals surface area contributed by atoms with Crippen LogP contribution in [0.1, 0.15) is 11.5 Å². The second-order valence-corrected chi connectivity index (χ2v) is 3.21. The van der Waals surface area contributed by atoms with Crippen LogP contribution in [0.2, 0.25) is 0 Å². The van der Waals surface area contributed by atoms with Gasteiger partial charge in [0.15, 0.2) is 5.84 Å². The minimum absolute atomic E-state index is 0.214. The van der Waals surface area contributed by atoms with E-state index in [1.165, 1.54) is 18.6 Å². The quantitative estimate of drug-likeness (QED) is 0.498. The smallest absolute Gasteiger partial charge is 0.173 e. The molecular formula is C12H11N5O. The van der Waals surface area contributed by atoms with Crippen molar-refractivity contribution in [2.75, 3.05) is 0 Å². The number of nitrogens with two attached hydrogens (primary N) is 1. The van der Waals surface area contributed by atoms with Crippen LogP contribution in [0.3, 0.4) is 0 Å². The molecule has 2 aromatic rings. The molecule has 2 N–H and O–H groups in total. The average molecular weight is 241 g/mol. The van der Waals surface area contributed by atoms with Gasteiger partial charge in [-0.25, -0.2) is 4.98 Å². The summed E-state index contributed by atoms with van der Waals surface area (Å²) in [5.74, 6) is 0.957. The molecule has 0 saturated heterocycles. The third kappa shape index (κ3) is 3.38. The second-order valence-electron chi connectivity index (χ2n) is 3.21. The summed E-state index contributed by atoms with van der Waals surface area (Å²) in [7, 11) is 0. The molecule has 0 radical (unpaired) electrons. The van der Waals surface area contributed by atoms with Crippen LogP contribution >= 0.6 is 0 Å². The molecule has 2 heterocycles. The Labute approximate surface area is 104 Å². The number of aromatic nitrogens is 2. The zero-order valence-electron chi connectivity index (χ0n) is 9.47. The highest BCUT2D eigenvalue weighted by Gasteiger charge is 1.96. The molecule has 2 rings (SSSR count). The van der Waals surface area contributed by atoms with Crippen LogP contribution in [0.25, 0.3) is 6.08 Å². The van der Waals surface area contributed by atoms with Gasteiger partial charge in [-0.1, -0.05) is 0 Å². The maximum Gasteiger partial charge on any atom is 0.173 e. The zero-order valence-corrected chi connectivity index (χ0v) is 9.47. The average Bonchev–Trinajstić information content (AvgIpc) is 2.92. The summed E-state index contributed by atoms with van der Waals surface area (Å²) in [5, 5.41) is 7.58. The molecule has 0 amide bonds. The highest BCUT2D eigenvalue weighted by atomic mass is 16.3. The first-order valence-electron chi connectivity index (χ1n) is 5.19. The van der Waals surface area contributed by atoms with E-state index in [2.05, 4.69) is 20.2 Å². The van der Waals surface area contributed by atoms with Crippen LogP contribution in [0.15, 0.2) is 57.7 Å². The van der Waals surface area contributed by atoms with Crippen molar-refractivity contribution in [1.82, 2.24) is 9.97 Å². The minimum Gasteiger partial charge on any atom is -0.465 e. The van der Waals surface area contributed by atoms with Gasteiger partial charge in [-0.15, -0.1) is 5.10 Å². The molecular weight excluding hydrogens is 230 g/mol. The molecule has 0 unspecified atom stereocenters. The van der Waals surface area contributed by atoms with Crippen LogP contribution in [0.4, 0.5) is 0 Å². The summed E-state index contributed by atoms with van der Waals surface area (Å²) in [5.41, 5.74) is 6.15. The Kier molecular flexibility index (Phi) is 3.97. The molecule has 0 aliphatic rings. The van der Waals surface area contributed by atoms with E-state index in [9.17, 15) is 0 Å². The van der Waals surface area contributed by atoms with Gasteiger partial charge in [0.25, 0.3) is 0 Å².